The van der Waals surface area contributed by atoms with Gasteiger partial charge in [0.05, 0.1) is 6.04 Å². The molecule has 2 aliphatic heterocycles. The molecule has 1 saturated carbocycles. The maximum atomic E-state index is 4.98. The SMILES string of the molecule is C[Si](C)(C1CCC2C(c3ccccc3)=CC=NC21)N1CNCNC1. The number of fused-ring (bicyclic) bond motifs is 1. The van der Waals surface area contributed by atoms with Crippen molar-refractivity contribution in [2.45, 2.75) is 37.5 Å². The molecule has 128 valence electrons. The van der Waals surface area contributed by atoms with Gasteiger partial charge in [0.1, 0.15) is 8.24 Å². The first-order chi connectivity index (χ1) is 11.7. The lowest BCUT2D eigenvalue weighted by Crippen LogP contribution is -2.63. The molecule has 1 aromatic carbocycles. The van der Waals surface area contributed by atoms with Gasteiger partial charge in [-0.2, -0.15) is 0 Å². The van der Waals surface area contributed by atoms with Gasteiger partial charge in [0.15, 0.2) is 0 Å². The Bertz CT molecular complexity index is 634. The molecule has 24 heavy (non-hydrogen) atoms. The summed E-state index contributed by atoms with van der Waals surface area (Å²) in [6.45, 7) is 8.03. The smallest absolute Gasteiger partial charge is 0.130 e. The van der Waals surface area contributed by atoms with Crippen LogP contribution in [0.2, 0.25) is 18.6 Å². The van der Waals surface area contributed by atoms with Gasteiger partial charge in [-0.25, -0.2) is 0 Å². The Kier molecular flexibility index (Phi) is 4.43. The van der Waals surface area contributed by atoms with Gasteiger partial charge in [-0.3, -0.25) is 20.2 Å². The summed E-state index contributed by atoms with van der Waals surface area (Å²) in [5.74, 6) is 0.597. The molecule has 1 aliphatic carbocycles. The van der Waals surface area contributed by atoms with Crippen LogP contribution in [0.25, 0.3) is 5.57 Å². The second kappa shape index (κ2) is 6.56. The number of nitrogens with one attached hydrogen (secondary N) is 2. The molecule has 0 spiro atoms. The molecule has 1 aromatic rings. The average molecular weight is 341 g/mol. The van der Waals surface area contributed by atoms with Gasteiger partial charge in [0, 0.05) is 32.1 Å². The Morgan fingerprint density at radius 3 is 2.58 bits per heavy atom. The van der Waals surface area contributed by atoms with Gasteiger partial charge in [-0.1, -0.05) is 43.4 Å². The van der Waals surface area contributed by atoms with Crippen molar-refractivity contribution in [2.24, 2.45) is 10.9 Å². The highest BCUT2D eigenvalue weighted by atomic mass is 28.3. The van der Waals surface area contributed by atoms with Crippen molar-refractivity contribution in [3.63, 3.8) is 0 Å². The van der Waals surface area contributed by atoms with E-state index in [4.69, 9.17) is 4.99 Å². The fourth-order valence-electron chi connectivity index (χ4n) is 4.75. The van der Waals surface area contributed by atoms with Gasteiger partial charge in [0.25, 0.3) is 0 Å². The molecule has 3 unspecified atom stereocenters. The molecule has 0 bridgehead atoms. The van der Waals surface area contributed by atoms with E-state index in [1.54, 1.807) is 0 Å². The normalized spacial score (nSPS) is 30.9. The summed E-state index contributed by atoms with van der Waals surface area (Å²) >= 11 is 0. The number of dihydropyridines is 1. The monoisotopic (exact) mass is 340 g/mol. The van der Waals surface area contributed by atoms with E-state index in [0.29, 0.717) is 12.0 Å². The Morgan fingerprint density at radius 1 is 1.08 bits per heavy atom. The maximum absolute atomic E-state index is 4.98. The predicted octanol–water partition coefficient (Wildman–Crippen LogP) is 2.88. The summed E-state index contributed by atoms with van der Waals surface area (Å²) in [4.78, 5) is 4.98. The minimum Gasteiger partial charge on any atom is -0.299 e. The number of rotatable bonds is 3. The van der Waals surface area contributed by atoms with Gasteiger partial charge in [-0.15, -0.1) is 0 Å². The van der Waals surface area contributed by atoms with Crippen molar-refractivity contribution in [2.75, 3.05) is 20.0 Å². The minimum absolute atomic E-state index is 0.466. The molecule has 0 amide bonds. The van der Waals surface area contributed by atoms with E-state index >= 15 is 0 Å². The zero-order chi connectivity index (χ0) is 16.6. The molecule has 2 fully saturated rings. The molecule has 3 atom stereocenters. The summed E-state index contributed by atoms with van der Waals surface area (Å²) in [6, 6.07) is 11.4. The number of hydrogen-bond donors (Lipinski definition) is 2. The van der Waals surface area contributed by atoms with Crippen LogP contribution in [-0.2, 0) is 0 Å². The van der Waals surface area contributed by atoms with Gasteiger partial charge >= 0.3 is 0 Å². The summed E-state index contributed by atoms with van der Waals surface area (Å²) in [6.07, 6.45) is 6.90. The van der Waals surface area contributed by atoms with E-state index in [1.807, 2.05) is 0 Å². The zero-order valence-electron chi connectivity index (χ0n) is 14.7. The number of benzene rings is 1. The predicted molar refractivity (Wildman–Crippen MR) is 103 cm³/mol. The van der Waals surface area contributed by atoms with Crippen LogP contribution in [0.1, 0.15) is 18.4 Å². The van der Waals surface area contributed by atoms with Gasteiger partial charge in [-0.05, 0) is 35.6 Å². The first-order valence-corrected chi connectivity index (χ1v) is 12.2. The molecule has 4 nitrogen and oxygen atoms in total. The largest absolute Gasteiger partial charge is 0.299 e. The average Bonchev–Trinajstić information content (AvgIpc) is 3.08. The molecular weight excluding hydrogens is 312 g/mol. The van der Waals surface area contributed by atoms with E-state index in [2.05, 4.69) is 70.9 Å². The minimum atomic E-state index is -1.54. The lowest BCUT2D eigenvalue weighted by Gasteiger charge is -2.45. The van der Waals surface area contributed by atoms with Crippen molar-refractivity contribution in [1.82, 2.24) is 15.2 Å². The Balaban J connectivity index is 1.57. The molecule has 1 saturated heterocycles. The molecule has 0 radical (unpaired) electrons. The molecule has 0 aromatic heterocycles. The third kappa shape index (κ3) is 2.79. The molecule has 3 aliphatic rings. The number of allylic oxidation sites excluding steroid dienone is 1. The third-order valence-electron chi connectivity index (χ3n) is 6.21. The Morgan fingerprint density at radius 2 is 1.83 bits per heavy atom. The van der Waals surface area contributed by atoms with Crippen molar-refractivity contribution in [3.8, 4) is 0 Å². The Hall–Kier alpha value is -1.27. The quantitative estimate of drug-likeness (QED) is 0.831. The van der Waals surface area contributed by atoms with E-state index < -0.39 is 8.24 Å². The Labute approximate surface area is 146 Å². The maximum Gasteiger partial charge on any atom is 0.130 e. The number of aliphatic imine (C=N–C) groups is 1. The van der Waals surface area contributed by atoms with Crippen LogP contribution in [0.4, 0.5) is 0 Å². The van der Waals surface area contributed by atoms with Crippen LogP contribution < -0.4 is 10.6 Å². The molecular formula is C19H28N4Si. The van der Waals surface area contributed by atoms with Gasteiger partial charge < -0.3 is 0 Å². The fourth-order valence-corrected chi connectivity index (χ4v) is 8.29. The summed E-state index contributed by atoms with van der Waals surface area (Å²) in [5.41, 5.74) is 3.60. The van der Waals surface area contributed by atoms with E-state index in [0.717, 1.165) is 25.5 Å². The topological polar surface area (TPSA) is 39.7 Å². The second-order valence-electron chi connectivity index (χ2n) is 7.75. The molecule has 4 rings (SSSR count). The van der Waals surface area contributed by atoms with E-state index in [9.17, 15) is 0 Å². The van der Waals surface area contributed by atoms with E-state index in [-0.39, 0.29) is 0 Å². The van der Waals surface area contributed by atoms with Crippen molar-refractivity contribution in [1.29, 1.82) is 0 Å². The molecule has 2 N–H and O–H groups in total. The second-order valence-corrected chi connectivity index (χ2v) is 12.4. The summed E-state index contributed by atoms with van der Waals surface area (Å²) in [5, 5.41) is 6.94. The number of hydrogen-bond acceptors (Lipinski definition) is 4. The zero-order valence-corrected chi connectivity index (χ0v) is 15.7. The highest BCUT2D eigenvalue weighted by Gasteiger charge is 2.49. The van der Waals surface area contributed by atoms with Crippen molar-refractivity contribution >= 4 is 20.0 Å². The fraction of sp³-hybridized carbons (Fsp3) is 0.526. The van der Waals surface area contributed by atoms with Crippen LogP contribution in [0.5, 0.6) is 0 Å². The first-order valence-electron chi connectivity index (χ1n) is 9.13. The van der Waals surface area contributed by atoms with Gasteiger partial charge in [0.2, 0.25) is 0 Å². The van der Waals surface area contributed by atoms with Crippen LogP contribution in [0.15, 0.2) is 41.4 Å². The molecule has 2 heterocycles. The van der Waals surface area contributed by atoms with Crippen LogP contribution in [-0.4, -0.2) is 45.1 Å². The van der Waals surface area contributed by atoms with Crippen molar-refractivity contribution in [3.05, 3.63) is 42.0 Å². The lowest BCUT2D eigenvalue weighted by molar-refractivity contribution is 0.284. The number of nitrogens with zero attached hydrogens (tertiary/aromatic N) is 2. The standard InChI is InChI=1S/C19H28N4Si/c1-24(2,23-13-20-12-21-14-23)18-9-8-17-16(10-11-22-19(17)18)15-6-4-3-5-7-15/h3-7,10-11,17-21H,8-9,12-14H2,1-2H3. The first kappa shape index (κ1) is 16.2. The van der Waals surface area contributed by atoms with E-state index in [1.165, 1.54) is 24.0 Å². The summed E-state index contributed by atoms with van der Waals surface area (Å²) < 4.78 is 2.67. The highest BCUT2D eigenvalue weighted by Crippen LogP contribution is 2.50. The van der Waals surface area contributed by atoms with Crippen LogP contribution in [0.3, 0.4) is 0 Å². The van der Waals surface area contributed by atoms with Crippen LogP contribution >= 0.6 is 0 Å². The summed E-state index contributed by atoms with van der Waals surface area (Å²) in [7, 11) is -1.54. The highest BCUT2D eigenvalue weighted by molar-refractivity contribution is 6.76. The third-order valence-corrected chi connectivity index (χ3v) is 10.6. The van der Waals surface area contributed by atoms with Crippen LogP contribution in [0, 0.1) is 5.92 Å². The lowest BCUT2D eigenvalue weighted by atomic mass is 9.87. The molecule has 5 heteroatoms. The van der Waals surface area contributed by atoms with Crippen molar-refractivity contribution < 1.29 is 0 Å².